The van der Waals surface area contributed by atoms with Crippen molar-refractivity contribution in [2.24, 2.45) is 0 Å². The first-order valence-electron chi connectivity index (χ1n) is 7.31. The first-order chi connectivity index (χ1) is 10.2. The molecule has 21 heavy (non-hydrogen) atoms. The van der Waals surface area contributed by atoms with Gasteiger partial charge in [0.05, 0.1) is 31.0 Å². The highest BCUT2D eigenvalue weighted by Gasteiger charge is 2.23. The van der Waals surface area contributed by atoms with Crippen LogP contribution in [0.2, 0.25) is 0 Å². The Labute approximate surface area is 133 Å². The van der Waals surface area contributed by atoms with Crippen molar-refractivity contribution in [2.45, 2.75) is 38.3 Å². The Balaban J connectivity index is 2.01. The van der Waals surface area contributed by atoms with E-state index >= 15 is 0 Å². The van der Waals surface area contributed by atoms with Crippen molar-refractivity contribution in [1.29, 1.82) is 0 Å². The van der Waals surface area contributed by atoms with E-state index in [2.05, 4.69) is 43.8 Å². The zero-order valence-corrected chi connectivity index (χ0v) is 13.9. The predicted octanol–water partition coefficient (Wildman–Crippen LogP) is 3.85. The minimum absolute atomic E-state index is 0.347. The van der Waals surface area contributed by atoms with Crippen LogP contribution in [0.5, 0.6) is 5.75 Å². The molecule has 1 saturated heterocycles. The van der Waals surface area contributed by atoms with Crippen LogP contribution in [0.1, 0.15) is 37.9 Å². The highest BCUT2D eigenvalue weighted by molar-refractivity contribution is 9.10. The maximum Gasteiger partial charge on any atom is 0.142 e. The average Bonchev–Trinajstić information content (AvgIpc) is 2.96. The van der Waals surface area contributed by atoms with E-state index in [1.165, 1.54) is 18.5 Å². The molecule has 0 radical (unpaired) electrons. The lowest BCUT2D eigenvalue weighted by Gasteiger charge is -2.29. The zero-order chi connectivity index (χ0) is 14.8. The summed E-state index contributed by atoms with van der Waals surface area (Å²) in [6.07, 6.45) is 7.45. The third-order valence-corrected chi connectivity index (χ3v) is 4.53. The Morgan fingerprint density at radius 3 is 3.00 bits per heavy atom. The summed E-state index contributed by atoms with van der Waals surface area (Å²) in [6.45, 7) is 2.24. The number of nitrogens with zero attached hydrogens (tertiary/aromatic N) is 2. The van der Waals surface area contributed by atoms with Gasteiger partial charge in [-0.2, -0.15) is 0 Å². The van der Waals surface area contributed by atoms with Crippen LogP contribution >= 0.6 is 15.9 Å². The Morgan fingerprint density at radius 1 is 1.38 bits per heavy atom. The summed E-state index contributed by atoms with van der Waals surface area (Å²) in [7, 11) is 1.70. The average molecular weight is 350 g/mol. The predicted molar refractivity (Wildman–Crippen MR) is 87.0 cm³/mol. The van der Waals surface area contributed by atoms with Crippen LogP contribution in [0, 0.1) is 0 Å². The van der Waals surface area contributed by atoms with E-state index in [9.17, 15) is 0 Å². The SMILES string of the molecule is COc1ccc(Br)cc1-n1cncc1C1CCCC(C)N1. The molecule has 1 aliphatic rings. The number of ether oxygens (including phenoxy) is 1. The number of aromatic nitrogens is 2. The van der Waals surface area contributed by atoms with Crippen LogP contribution in [0.25, 0.3) is 5.69 Å². The molecule has 5 heteroatoms. The first-order valence-corrected chi connectivity index (χ1v) is 8.10. The molecule has 1 fully saturated rings. The van der Waals surface area contributed by atoms with Gasteiger partial charge in [0.2, 0.25) is 0 Å². The minimum Gasteiger partial charge on any atom is -0.495 e. The quantitative estimate of drug-likeness (QED) is 0.914. The van der Waals surface area contributed by atoms with E-state index in [0.29, 0.717) is 12.1 Å². The number of hydrogen-bond acceptors (Lipinski definition) is 3. The lowest BCUT2D eigenvalue weighted by molar-refractivity contribution is 0.333. The molecule has 0 spiro atoms. The van der Waals surface area contributed by atoms with Gasteiger partial charge in [-0.1, -0.05) is 15.9 Å². The standard InChI is InChI=1S/C16H20BrN3O/c1-11-4-3-5-13(19-11)15-9-18-10-20(15)14-8-12(17)6-7-16(14)21-2/h6-11,13,19H,3-5H2,1-2H3. The molecule has 0 bridgehead atoms. The van der Waals surface area contributed by atoms with Gasteiger partial charge in [-0.25, -0.2) is 4.98 Å². The summed E-state index contributed by atoms with van der Waals surface area (Å²) >= 11 is 3.54. The second-order valence-electron chi connectivity index (χ2n) is 5.56. The van der Waals surface area contributed by atoms with Crippen molar-refractivity contribution >= 4 is 15.9 Å². The normalized spacial score (nSPS) is 22.2. The molecular weight excluding hydrogens is 330 g/mol. The third kappa shape index (κ3) is 2.99. The second-order valence-corrected chi connectivity index (χ2v) is 6.47. The Bertz CT molecular complexity index is 626. The van der Waals surface area contributed by atoms with E-state index in [1.807, 2.05) is 24.7 Å². The molecule has 2 aromatic rings. The fourth-order valence-corrected chi connectivity index (χ4v) is 3.34. The molecule has 0 aliphatic carbocycles. The van der Waals surface area contributed by atoms with Gasteiger partial charge in [0.1, 0.15) is 5.75 Å². The molecule has 4 nitrogen and oxygen atoms in total. The van der Waals surface area contributed by atoms with Crippen molar-refractivity contribution in [3.05, 3.63) is 40.9 Å². The van der Waals surface area contributed by atoms with Crippen molar-refractivity contribution in [3.63, 3.8) is 0 Å². The fraction of sp³-hybridized carbons (Fsp3) is 0.438. The molecule has 1 aromatic heterocycles. The number of benzene rings is 1. The highest BCUT2D eigenvalue weighted by Crippen LogP contribution is 2.31. The van der Waals surface area contributed by atoms with Gasteiger partial charge in [0.25, 0.3) is 0 Å². The summed E-state index contributed by atoms with van der Waals surface area (Å²) in [4.78, 5) is 4.36. The van der Waals surface area contributed by atoms with Crippen LogP contribution in [-0.4, -0.2) is 22.7 Å². The van der Waals surface area contributed by atoms with Gasteiger partial charge < -0.3 is 10.1 Å². The van der Waals surface area contributed by atoms with Crippen LogP contribution in [0.4, 0.5) is 0 Å². The van der Waals surface area contributed by atoms with Crippen LogP contribution in [-0.2, 0) is 0 Å². The van der Waals surface area contributed by atoms with Crippen LogP contribution in [0.15, 0.2) is 35.2 Å². The summed E-state index contributed by atoms with van der Waals surface area (Å²) in [5.74, 6) is 0.848. The fourth-order valence-electron chi connectivity index (χ4n) is 2.99. The molecule has 0 saturated carbocycles. The molecule has 1 N–H and O–H groups in total. The van der Waals surface area contributed by atoms with E-state index in [1.54, 1.807) is 7.11 Å². The Morgan fingerprint density at radius 2 is 2.24 bits per heavy atom. The van der Waals surface area contributed by atoms with Gasteiger partial charge in [-0.3, -0.25) is 4.57 Å². The zero-order valence-electron chi connectivity index (χ0n) is 12.3. The lowest BCUT2D eigenvalue weighted by Crippen LogP contribution is -2.35. The Hall–Kier alpha value is -1.33. The van der Waals surface area contributed by atoms with Crippen molar-refractivity contribution in [2.75, 3.05) is 7.11 Å². The lowest BCUT2D eigenvalue weighted by atomic mass is 9.97. The summed E-state index contributed by atoms with van der Waals surface area (Å²) in [6, 6.07) is 6.92. The topological polar surface area (TPSA) is 39.1 Å². The van der Waals surface area contributed by atoms with Crippen molar-refractivity contribution in [3.8, 4) is 11.4 Å². The van der Waals surface area contributed by atoms with Crippen molar-refractivity contribution < 1.29 is 4.74 Å². The number of halogens is 1. The van der Waals surface area contributed by atoms with Gasteiger partial charge in [0, 0.05) is 16.6 Å². The second kappa shape index (κ2) is 6.20. The van der Waals surface area contributed by atoms with Gasteiger partial charge in [0.15, 0.2) is 0 Å². The molecule has 1 aliphatic heterocycles. The highest BCUT2D eigenvalue weighted by atomic mass is 79.9. The number of rotatable bonds is 3. The molecule has 0 amide bonds. The number of piperidine rings is 1. The number of nitrogens with one attached hydrogen (secondary N) is 1. The van der Waals surface area contributed by atoms with E-state index in [4.69, 9.17) is 4.74 Å². The summed E-state index contributed by atoms with van der Waals surface area (Å²) < 4.78 is 8.65. The van der Waals surface area contributed by atoms with Crippen LogP contribution < -0.4 is 10.1 Å². The van der Waals surface area contributed by atoms with Crippen molar-refractivity contribution in [1.82, 2.24) is 14.9 Å². The largest absolute Gasteiger partial charge is 0.495 e. The Kier molecular flexibility index (Phi) is 4.31. The van der Waals surface area contributed by atoms with Gasteiger partial charge in [-0.05, 0) is 44.4 Å². The molecule has 2 atom stereocenters. The smallest absolute Gasteiger partial charge is 0.142 e. The monoisotopic (exact) mass is 349 g/mol. The molecule has 2 heterocycles. The molecule has 3 rings (SSSR count). The first kappa shape index (κ1) is 14.6. The van der Waals surface area contributed by atoms with Gasteiger partial charge >= 0.3 is 0 Å². The van der Waals surface area contributed by atoms with E-state index in [0.717, 1.165) is 22.3 Å². The molecule has 1 aromatic carbocycles. The van der Waals surface area contributed by atoms with Gasteiger partial charge in [-0.15, -0.1) is 0 Å². The summed E-state index contributed by atoms with van der Waals surface area (Å²) in [5, 5.41) is 3.67. The third-order valence-electron chi connectivity index (χ3n) is 4.04. The van der Waals surface area contributed by atoms with Crippen LogP contribution in [0.3, 0.4) is 0 Å². The minimum atomic E-state index is 0.347. The number of methoxy groups -OCH3 is 1. The van der Waals surface area contributed by atoms with E-state index in [-0.39, 0.29) is 0 Å². The number of hydrogen-bond donors (Lipinski definition) is 1. The number of imidazole rings is 1. The van der Waals surface area contributed by atoms with E-state index < -0.39 is 0 Å². The molecular formula is C16H20BrN3O. The molecule has 112 valence electrons. The molecule has 2 unspecified atom stereocenters. The maximum atomic E-state index is 5.50. The maximum absolute atomic E-state index is 5.50. The summed E-state index contributed by atoms with van der Waals surface area (Å²) in [5.41, 5.74) is 2.21.